The number of esters is 1. The van der Waals surface area contributed by atoms with E-state index in [4.69, 9.17) is 4.74 Å². The van der Waals surface area contributed by atoms with E-state index < -0.39 is 6.08 Å². The van der Waals surface area contributed by atoms with Crippen molar-refractivity contribution in [2.45, 2.75) is 26.2 Å². The summed E-state index contributed by atoms with van der Waals surface area (Å²) in [5, 5.41) is 0.835. The Kier molecular flexibility index (Phi) is 6.09. The molecule has 0 amide bonds. The van der Waals surface area contributed by atoms with Crippen molar-refractivity contribution in [3.63, 3.8) is 0 Å². The fourth-order valence-electron chi connectivity index (χ4n) is 3.24. The van der Waals surface area contributed by atoms with Gasteiger partial charge >= 0.3 is 12.0 Å². The Hall–Kier alpha value is -3.19. The van der Waals surface area contributed by atoms with Crippen LogP contribution in [-0.4, -0.2) is 27.5 Å². The molecule has 0 saturated heterocycles. The van der Waals surface area contributed by atoms with E-state index in [2.05, 4.69) is 15.0 Å². The van der Waals surface area contributed by atoms with E-state index in [0.29, 0.717) is 30.8 Å². The lowest BCUT2D eigenvalue weighted by atomic mass is 10.1. The normalized spacial score (nSPS) is 11.0. The first-order chi connectivity index (χ1) is 14.6. The van der Waals surface area contributed by atoms with E-state index in [0.717, 1.165) is 26.4 Å². The Morgan fingerprint density at radius 2 is 1.73 bits per heavy atom. The summed E-state index contributed by atoms with van der Waals surface area (Å²) in [5.74, 6) is -0.246. The maximum Gasteiger partial charge on any atom is 0.310 e. The minimum atomic E-state index is -0.726. The first-order valence-corrected chi connectivity index (χ1v) is 10.5. The number of aromatic nitrogens is 3. The second-order valence-electron chi connectivity index (χ2n) is 6.85. The van der Waals surface area contributed by atoms with Gasteiger partial charge in [-0.3, -0.25) is 4.79 Å². The van der Waals surface area contributed by atoms with Crippen LogP contribution in [0.2, 0.25) is 0 Å². The first kappa shape index (κ1) is 20.1. The fraction of sp³-hybridized carbons (Fsp3) is 0.217. The van der Waals surface area contributed by atoms with E-state index in [1.165, 1.54) is 11.3 Å². The van der Waals surface area contributed by atoms with Crippen molar-refractivity contribution in [1.82, 2.24) is 15.0 Å². The molecular weight excluding hydrogens is 401 g/mol. The molecule has 2 heterocycles. The van der Waals surface area contributed by atoms with Crippen LogP contribution in [0.25, 0.3) is 10.2 Å². The molecule has 7 heteroatoms. The van der Waals surface area contributed by atoms with Crippen molar-refractivity contribution >= 4 is 27.5 Å². The predicted molar refractivity (Wildman–Crippen MR) is 114 cm³/mol. The number of hydrogen-bond acceptors (Lipinski definition) is 6. The molecule has 4 aromatic rings. The molecule has 0 bridgehead atoms. The van der Waals surface area contributed by atoms with Crippen LogP contribution >= 0.6 is 11.3 Å². The molecule has 5 nitrogen and oxygen atoms in total. The molecule has 4 rings (SSSR count). The van der Waals surface area contributed by atoms with Crippen LogP contribution in [0, 0.1) is 6.08 Å². The van der Waals surface area contributed by atoms with Gasteiger partial charge < -0.3 is 4.74 Å². The highest BCUT2D eigenvalue weighted by molar-refractivity contribution is 7.18. The van der Waals surface area contributed by atoms with Gasteiger partial charge in [0.15, 0.2) is 0 Å². The van der Waals surface area contributed by atoms with Crippen LogP contribution in [-0.2, 0) is 28.8 Å². The lowest BCUT2D eigenvalue weighted by Gasteiger charge is -2.04. The molecule has 0 N–H and O–H groups in total. The predicted octanol–water partition coefficient (Wildman–Crippen LogP) is 4.51. The zero-order valence-electron chi connectivity index (χ0n) is 16.5. The zero-order chi connectivity index (χ0) is 20.9. The largest absolute Gasteiger partial charge is 0.466 e. The molecular formula is C23H20FN3O2S. The molecule has 0 saturated carbocycles. The summed E-state index contributed by atoms with van der Waals surface area (Å²) in [6.07, 6.45) is 0.478. The van der Waals surface area contributed by atoms with Crippen LogP contribution in [0.5, 0.6) is 0 Å². The average molecular weight is 421 g/mol. The van der Waals surface area contributed by atoms with Gasteiger partial charge in [-0.05, 0) is 36.2 Å². The van der Waals surface area contributed by atoms with Crippen molar-refractivity contribution < 1.29 is 13.9 Å². The molecule has 0 radical (unpaired) electrons. The molecule has 0 aliphatic rings. The summed E-state index contributed by atoms with van der Waals surface area (Å²) in [6, 6.07) is 17.4. The molecule has 0 fully saturated rings. The molecule has 30 heavy (non-hydrogen) atoms. The van der Waals surface area contributed by atoms with Crippen LogP contribution in [0.1, 0.15) is 34.4 Å². The number of carbonyl (C=O) groups is 1. The van der Waals surface area contributed by atoms with Gasteiger partial charge in [0.1, 0.15) is 0 Å². The van der Waals surface area contributed by atoms with Gasteiger partial charge in [0, 0.05) is 12.8 Å². The van der Waals surface area contributed by atoms with Crippen LogP contribution in [0.4, 0.5) is 4.39 Å². The third-order valence-electron chi connectivity index (χ3n) is 4.52. The summed E-state index contributed by atoms with van der Waals surface area (Å²) < 4.78 is 20.0. The molecule has 2 aromatic carbocycles. The minimum Gasteiger partial charge on any atom is -0.466 e. The highest BCUT2D eigenvalue weighted by atomic mass is 32.1. The number of carbonyl (C=O) groups excluding carboxylic acids is 1. The zero-order valence-corrected chi connectivity index (χ0v) is 17.3. The number of halogens is 1. The van der Waals surface area contributed by atoms with E-state index in [9.17, 15) is 9.18 Å². The van der Waals surface area contributed by atoms with Gasteiger partial charge in [0.25, 0.3) is 0 Å². The second kappa shape index (κ2) is 9.09. The highest BCUT2D eigenvalue weighted by Gasteiger charge is 2.11. The second-order valence-corrected chi connectivity index (χ2v) is 7.97. The number of thiazole rings is 1. The monoisotopic (exact) mass is 421 g/mol. The van der Waals surface area contributed by atoms with Crippen molar-refractivity contribution in [1.29, 1.82) is 0 Å². The van der Waals surface area contributed by atoms with Crippen molar-refractivity contribution in [3.8, 4) is 0 Å². The Morgan fingerprint density at radius 1 is 0.967 bits per heavy atom. The topological polar surface area (TPSA) is 65.0 Å². The molecule has 2 aromatic heterocycles. The van der Waals surface area contributed by atoms with E-state index in [1.54, 1.807) is 6.92 Å². The van der Waals surface area contributed by atoms with E-state index in [1.807, 2.05) is 54.6 Å². The van der Waals surface area contributed by atoms with Crippen LogP contribution < -0.4 is 0 Å². The maximum atomic E-state index is 14.0. The minimum absolute atomic E-state index is 0.233. The molecule has 152 valence electrons. The van der Waals surface area contributed by atoms with Gasteiger partial charge in [-0.15, -0.1) is 11.3 Å². The van der Waals surface area contributed by atoms with E-state index >= 15 is 0 Å². The van der Waals surface area contributed by atoms with Crippen LogP contribution in [0.3, 0.4) is 0 Å². The lowest BCUT2D eigenvalue weighted by Crippen LogP contribution is -2.07. The van der Waals surface area contributed by atoms with Crippen molar-refractivity contribution in [3.05, 3.63) is 88.2 Å². The third-order valence-corrected chi connectivity index (χ3v) is 5.53. The molecule has 0 atom stereocenters. The van der Waals surface area contributed by atoms with Gasteiger partial charge in [0.2, 0.25) is 0 Å². The van der Waals surface area contributed by atoms with Crippen molar-refractivity contribution in [2.75, 3.05) is 6.61 Å². The summed E-state index contributed by atoms with van der Waals surface area (Å²) in [7, 11) is 0. The summed E-state index contributed by atoms with van der Waals surface area (Å²) in [4.78, 5) is 24.2. The van der Waals surface area contributed by atoms with Gasteiger partial charge in [0.05, 0.1) is 39.6 Å². The average Bonchev–Trinajstić information content (AvgIpc) is 3.10. The lowest BCUT2D eigenvalue weighted by molar-refractivity contribution is -0.142. The summed E-state index contributed by atoms with van der Waals surface area (Å²) in [5.41, 5.74) is 4.03. The molecule has 0 aliphatic carbocycles. The van der Waals surface area contributed by atoms with Crippen molar-refractivity contribution in [2.24, 2.45) is 0 Å². The third kappa shape index (κ3) is 5.04. The maximum absolute atomic E-state index is 14.0. The Bertz CT molecular complexity index is 1180. The SMILES string of the molecule is CCOC(=O)Cc1ccc2nc(Cc3cc(Cc4ccccc4)nc(F)n3)sc2c1. The standard InChI is InChI=1S/C23H20FN3O2S/c1-2-29-22(28)12-16-8-9-19-20(11-16)30-21(27-19)14-18-13-17(25-23(24)26-18)10-15-6-4-3-5-7-15/h3-9,11,13H,2,10,12,14H2,1H3. The van der Waals surface area contributed by atoms with Crippen LogP contribution in [0.15, 0.2) is 54.6 Å². The number of hydrogen-bond donors (Lipinski definition) is 0. The number of nitrogens with zero attached hydrogens (tertiary/aromatic N) is 3. The summed E-state index contributed by atoms with van der Waals surface area (Å²) >= 11 is 1.52. The highest BCUT2D eigenvalue weighted by Crippen LogP contribution is 2.25. The Balaban J connectivity index is 1.53. The number of ether oxygens (including phenoxy) is 1. The van der Waals surface area contributed by atoms with Gasteiger partial charge in [-0.2, -0.15) is 4.39 Å². The smallest absolute Gasteiger partial charge is 0.310 e. The number of fused-ring (bicyclic) bond motifs is 1. The molecule has 0 aliphatic heterocycles. The summed E-state index contributed by atoms with van der Waals surface area (Å²) in [6.45, 7) is 2.16. The van der Waals surface area contributed by atoms with E-state index in [-0.39, 0.29) is 12.4 Å². The Morgan fingerprint density at radius 3 is 2.50 bits per heavy atom. The fourth-order valence-corrected chi connectivity index (χ4v) is 4.29. The molecule has 0 unspecified atom stereocenters. The Labute approximate surface area is 177 Å². The van der Waals surface area contributed by atoms with Gasteiger partial charge in [-0.25, -0.2) is 15.0 Å². The quantitative estimate of drug-likeness (QED) is 0.324. The number of benzene rings is 2. The first-order valence-electron chi connectivity index (χ1n) is 9.69. The molecule has 0 spiro atoms. The van der Waals surface area contributed by atoms with Gasteiger partial charge in [-0.1, -0.05) is 36.4 Å². The number of rotatable bonds is 7.